The van der Waals surface area contributed by atoms with E-state index in [0.29, 0.717) is 18.0 Å². The number of rotatable bonds is 6. The first-order chi connectivity index (χ1) is 18.4. The summed E-state index contributed by atoms with van der Waals surface area (Å²) in [5, 5.41) is 17.4. The fourth-order valence-corrected chi connectivity index (χ4v) is 5.54. The standard InChI is InChI=1S/C28H29N7O3/c1-16-23(17(2)34-33-16)20-9-8-18(14-29-20)31-27(37)25(32-26(36)21-10-13-30-35(21)3)24-19-6-4-5-7-22(19)38-15-28(24)11-12-28/h4-10,13-14,24-25H,11-12,15H2,1-3H3,(H,31,37)(H,32,36)(H,33,34)/t24?,25-/m0/s1. The van der Waals surface area contributed by atoms with Crippen molar-refractivity contribution in [1.29, 1.82) is 0 Å². The smallest absolute Gasteiger partial charge is 0.270 e. The summed E-state index contributed by atoms with van der Waals surface area (Å²) in [7, 11) is 1.70. The molecule has 2 aliphatic rings. The molecule has 1 fully saturated rings. The van der Waals surface area contributed by atoms with Gasteiger partial charge in [-0.25, -0.2) is 0 Å². The molecule has 1 aliphatic heterocycles. The molecule has 10 nitrogen and oxygen atoms in total. The van der Waals surface area contributed by atoms with Crippen LogP contribution in [0.4, 0.5) is 5.69 Å². The predicted octanol–water partition coefficient (Wildman–Crippen LogP) is 3.52. The molecular formula is C28H29N7O3. The molecule has 3 aromatic heterocycles. The van der Waals surface area contributed by atoms with Gasteiger partial charge in [-0.05, 0) is 51.0 Å². The average Bonchev–Trinajstić information content (AvgIpc) is 3.41. The fraction of sp³-hybridized carbons (Fsp3) is 0.321. The third-order valence-corrected chi connectivity index (χ3v) is 7.69. The summed E-state index contributed by atoms with van der Waals surface area (Å²) in [5.41, 5.74) is 5.15. The van der Waals surface area contributed by atoms with E-state index in [9.17, 15) is 9.59 Å². The lowest BCUT2D eigenvalue weighted by atomic mass is 9.76. The number of aryl methyl sites for hydroxylation is 3. The number of hydrogen-bond donors (Lipinski definition) is 3. The number of ether oxygens (including phenoxy) is 1. The lowest BCUT2D eigenvalue weighted by Gasteiger charge is -2.38. The SMILES string of the molecule is Cc1n[nH]c(C)c1-c1ccc(NC(=O)[C@@H](NC(=O)c2ccnn2C)C2c3ccccc3OCC23CC3)cn1. The Balaban J connectivity index is 1.32. The van der Waals surface area contributed by atoms with Crippen LogP contribution in [0.25, 0.3) is 11.3 Å². The first-order valence-electron chi connectivity index (χ1n) is 12.7. The number of hydrogen-bond acceptors (Lipinski definition) is 6. The number of para-hydroxylation sites is 1. The molecule has 4 aromatic rings. The zero-order valence-corrected chi connectivity index (χ0v) is 21.5. The average molecular weight is 512 g/mol. The number of aromatic amines is 1. The highest BCUT2D eigenvalue weighted by atomic mass is 16.5. The Morgan fingerprint density at radius 1 is 1.16 bits per heavy atom. The van der Waals surface area contributed by atoms with Crippen molar-refractivity contribution in [3.05, 3.63) is 77.5 Å². The van der Waals surface area contributed by atoms with Crippen LogP contribution in [-0.2, 0) is 11.8 Å². The number of aromatic nitrogens is 5. The first-order valence-corrected chi connectivity index (χ1v) is 12.7. The Hall–Kier alpha value is -4.47. The van der Waals surface area contributed by atoms with Gasteiger partial charge >= 0.3 is 0 Å². The van der Waals surface area contributed by atoms with E-state index in [1.807, 2.05) is 50.2 Å². The Morgan fingerprint density at radius 3 is 2.63 bits per heavy atom. The lowest BCUT2D eigenvalue weighted by molar-refractivity contribution is -0.119. The van der Waals surface area contributed by atoms with Crippen LogP contribution in [0.2, 0.25) is 0 Å². The quantitative estimate of drug-likeness (QED) is 0.364. The van der Waals surface area contributed by atoms with Gasteiger partial charge in [0, 0.05) is 41.4 Å². The number of H-pyrrole nitrogens is 1. The third kappa shape index (κ3) is 4.11. The van der Waals surface area contributed by atoms with E-state index in [1.165, 1.54) is 4.68 Å². The Morgan fingerprint density at radius 2 is 1.97 bits per heavy atom. The van der Waals surface area contributed by atoms with Crippen LogP contribution in [0, 0.1) is 19.3 Å². The Labute approximate surface area is 219 Å². The van der Waals surface area contributed by atoms with Crippen molar-refractivity contribution in [3.8, 4) is 17.0 Å². The molecule has 0 radical (unpaired) electrons. The van der Waals surface area contributed by atoms with E-state index in [2.05, 4.69) is 30.9 Å². The van der Waals surface area contributed by atoms with E-state index < -0.39 is 6.04 Å². The third-order valence-electron chi connectivity index (χ3n) is 7.69. The number of fused-ring (bicyclic) bond motifs is 1. The number of pyridine rings is 1. The maximum Gasteiger partial charge on any atom is 0.270 e. The molecule has 4 heterocycles. The van der Waals surface area contributed by atoms with Crippen LogP contribution in [-0.4, -0.2) is 49.4 Å². The predicted molar refractivity (Wildman–Crippen MR) is 141 cm³/mol. The second kappa shape index (κ2) is 9.13. The molecule has 38 heavy (non-hydrogen) atoms. The fourth-order valence-electron chi connectivity index (χ4n) is 5.54. The van der Waals surface area contributed by atoms with Crippen LogP contribution in [0.1, 0.15) is 46.2 Å². The van der Waals surface area contributed by atoms with Gasteiger partial charge in [-0.15, -0.1) is 0 Å². The van der Waals surface area contributed by atoms with Gasteiger partial charge in [0.2, 0.25) is 5.91 Å². The molecular weight excluding hydrogens is 482 g/mol. The highest BCUT2D eigenvalue weighted by Gasteiger charge is 2.57. The maximum atomic E-state index is 13.9. The number of anilines is 1. The molecule has 0 saturated heterocycles. The molecule has 0 bridgehead atoms. The summed E-state index contributed by atoms with van der Waals surface area (Å²) in [4.78, 5) is 31.8. The summed E-state index contributed by atoms with van der Waals surface area (Å²) >= 11 is 0. The van der Waals surface area contributed by atoms with Crippen LogP contribution < -0.4 is 15.4 Å². The zero-order chi connectivity index (χ0) is 26.4. The van der Waals surface area contributed by atoms with Crippen molar-refractivity contribution < 1.29 is 14.3 Å². The summed E-state index contributed by atoms with van der Waals surface area (Å²) in [6.45, 7) is 4.38. The second-order valence-electron chi connectivity index (χ2n) is 10.2. The molecule has 2 amide bonds. The minimum absolute atomic E-state index is 0.200. The molecule has 1 aromatic carbocycles. The molecule has 2 atom stereocenters. The number of nitrogens with one attached hydrogen (secondary N) is 3. The van der Waals surface area contributed by atoms with E-state index >= 15 is 0 Å². The normalized spacial score (nSPS) is 17.8. The minimum Gasteiger partial charge on any atom is -0.493 e. The van der Waals surface area contributed by atoms with Gasteiger partial charge in [0.05, 0.1) is 29.9 Å². The monoisotopic (exact) mass is 511 g/mol. The number of amides is 2. The summed E-state index contributed by atoms with van der Waals surface area (Å²) in [5.74, 6) is -0.157. The minimum atomic E-state index is -0.831. The summed E-state index contributed by atoms with van der Waals surface area (Å²) in [6.07, 6.45) is 5.05. The van der Waals surface area contributed by atoms with Crippen LogP contribution in [0.15, 0.2) is 54.9 Å². The highest BCUT2D eigenvalue weighted by molar-refractivity contribution is 6.01. The van der Waals surface area contributed by atoms with E-state index in [4.69, 9.17) is 4.74 Å². The van der Waals surface area contributed by atoms with Crippen LogP contribution >= 0.6 is 0 Å². The zero-order valence-electron chi connectivity index (χ0n) is 21.5. The Kier molecular flexibility index (Phi) is 5.74. The molecule has 10 heteroatoms. The maximum absolute atomic E-state index is 13.9. The van der Waals surface area contributed by atoms with E-state index in [1.54, 1.807) is 25.5 Å². The lowest BCUT2D eigenvalue weighted by Crippen LogP contribution is -2.52. The van der Waals surface area contributed by atoms with Gasteiger partial charge in [-0.3, -0.25) is 24.4 Å². The highest BCUT2D eigenvalue weighted by Crippen LogP contribution is 2.61. The van der Waals surface area contributed by atoms with Gasteiger partial charge in [0.1, 0.15) is 17.5 Å². The summed E-state index contributed by atoms with van der Waals surface area (Å²) in [6, 6.07) is 12.2. The van der Waals surface area contributed by atoms with Gasteiger partial charge in [0.25, 0.3) is 5.91 Å². The van der Waals surface area contributed by atoms with Gasteiger partial charge in [-0.1, -0.05) is 18.2 Å². The van der Waals surface area contributed by atoms with Crippen molar-refractivity contribution in [2.45, 2.75) is 38.6 Å². The molecule has 1 aliphatic carbocycles. The van der Waals surface area contributed by atoms with Crippen molar-refractivity contribution in [2.24, 2.45) is 12.5 Å². The molecule has 1 unspecified atom stereocenters. The van der Waals surface area contributed by atoms with Gasteiger partial charge in [-0.2, -0.15) is 10.2 Å². The molecule has 6 rings (SSSR count). The van der Waals surface area contributed by atoms with Crippen molar-refractivity contribution in [1.82, 2.24) is 30.3 Å². The second-order valence-corrected chi connectivity index (χ2v) is 10.2. The number of benzene rings is 1. The van der Waals surface area contributed by atoms with Gasteiger partial charge < -0.3 is 15.4 Å². The molecule has 1 spiro atoms. The van der Waals surface area contributed by atoms with Crippen molar-refractivity contribution in [3.63, 3.8) is 0 Å². The van der Waals surface area contributed by atoms with Gasteiger partial charge in [0.15, 0.2) is 0 Å². The van der Waals surface area contributed by atoms with Crippen molar-refractivity contribution in [2.75, 3.05) is 11.9 Å². The van der Waals surface area contributed by atoms with E-state index in [0.717, 1.165) is 46.8 Å². The summed E-state index contributed by atoms with van der Waals surface area (Å²) < 4.78 is 7.57. The molecule has 194 valence electrons. The topological polar surface area (TPSA) is 127 Å². The molecule has 3 N–H and O–H groups in total. The number of carbonyl (C=O) groups is 2. The first kappa shape index (κ1) is 23.9. The van der Waals surface area contributed by atoms with E-state index in [-0.39, 0.29) is 23.1 Å². The van der Waals surface area contributed by atoms with Crippen LogP contribution in [0.5, 0.6) is 5.75 Å². The largest absolute Gasteiger partial charge is 0.493 e. The number of nitrogens with zero attached hydrogens (tertiary/aromatic N) is 4. The molecule has 1 saturated carbocycles. The Bertz CT molecular complexity index is 1500. The van der Waals surface area contributed by atoms with Crippen molar-refractivity contribution >= 4 is 17.5 Å². The number of carbonyl (C=O) groups excluding carboxylic acids is 2. The van der Waals surface area contributed by atoms with Crippen LogP contribution in [0.3, 0.4) is 0 Å².